The first-order valence-corrected chi connectivity index (χ1v) is 6.61. The Morgan fingerprint density at radius 2 is 1.78 bits per heavy atom. The third-order valence-electron chi connectivity index (χ3n) is 2.31. The highest BCUT2D eigenvalue weighted by atomic mass is 16.1. The molecule has 0 spiro atoms. The van der Waals surface area contributed by atoms with Gasteiger partial charge in [0.25, 0.3) is 0 Å². The molecule has 100 valence electrons. The largest absolute Gasteiger partial charge is 0.295 e. The van der Waals surface area contributed by atoms with Crippen LogP contribution in [-0.2, 0) is 4.79 Å². The highest BCUT2D eigenvalue weighted by molar-refractivity contribution is 5.89. The van der Waals surface area contributed by atoms with Crippen molar-refractivity contribution in [1.82, 2.24) is 0 Å². The van der Waals surface area contributed by atoms with Crippen molar-refractivity contribution < 1.29 is 4.79 Å². The Morgan fingerprint density at radius 3 is 2.33 bits per heavy atom. The highest BCUT2D eigenvalue weighted by Crippen LogP contribution is 2.03. The first kappa shape index (κ1) is 16.6. The third-order valence-corrected chi connectivity index (χ3v) is 2.31. The number of carbonyl (C=O) groups excluding carboxylic acids is 1. The minimum atomic E-state index is 0.209. The second-order valence-electron chi connectivity index (χ2n) is 5.16. The minimum absolute atomic E-state index is 0.209. The summed E-state index contributed by atoms with van der Waals surface area (Å²) >= 11 is 0. The SMILES string of the molecule is CC(C)=CC=CC(C)=CCCC(=O)C=CC(C)C. The van der Waals surface area contributed by atoms with Gasteiger partial charge >= 0.3 is 0 Å². The van der Waals surface area contributed by atoms with Crippen LogP contribution in [-0.4, -0.2) is 5.78 Å². The van der Waals surface area contributed by atoms with Crippen LogP contribution in [0.2, 0.25) is 0 Å². The Labute approximate surface area is 112 Å². The zero-order valence-electron chi connectivity index (χ0n) is 12.4. The van der Waals surface area contributed by atoms with Crippen LogP contribution >= 0.6 is 0 Å². The molecule has 0 N–H and O–H groups in total. The van der Waals surface area contributed by atoms with Crippen LogP contribution in [0.4, 0.5) is 0 Å². The average molecular weight is 246 g/mol. The molecule has 1 nitrogen and oxygen atoms in total. The van der Waals surface area contributed by atoms with Gasteiger partial charge in [-0.25, -0.2) is 0 Å². The van der Waals surface area contributed by atoms with Gasteiger partial charge in [-0.15, -0.1) is 0 Å². The summed E-state index contributed by atoms with van der Waals surface area (Å²) in [6.07, 6.45) is 13.4. The molecule has 18 heavy (non-hydrogen) atoms. The maximum Gasteiger partial charge on any atom is 0.155 e. The smallest absolute Gasteiger partial charge is 0.155 e. The average Bonchev–Trinajstić information content (AvgIpc) is 2.25. The molecule has 0 aliphatic rings. The quantitative estimate of drug-likeness (QED) is 0.455. The van der Waals surface area contributed by atoms with Crippen LogP contribution in [0.25, 0.3) is 0 Å². The van der Waals surface area contributed by atoms with E-state index in [9.17, 15) is 4.79 Å². The van der Waals surface area contributed by atoms with Crippen LogP contribution in [0.5, 0.6) is 0 Å². The summed E-state index contributed by atoms with van der Waals surface area (Å²) in [6, 6.07) is 0. The predicted molar refractivity (Wildman–Crippen MR) is 80.5 cm³/mol. The second-order valence-corrected chi connectivity index (χ2v) is 5.16. The topological polar surface area (TPSA) is 17.1 Å². The maximum absolute atomic E-state index is 11.5. The van der Waals surface area contributed by atoms with E-state index in [0.717, 1.165) is 6.42 Å². The first-order valence-electron chi connectivity index (χ1n) is 6.61. The molecule has 0 bridgehead atoms. The molecule has 0 saturated carbocycles. The summed E-state index contributed by atoms with van der Waals surface area (Å²) in [7, 11) is 0. The van der Waals surface area contributed by atoms with E-state index in [4.69, 9.17) is 0 Å². The number of ketones is 1. The number of hydrogen-bond donors (Lipinski definition) is 0. The van der Waals surface area contributed by atoms with E-state index >= 15 is 0 Å². The molecule has 0 aliphatic carbocycles. The van der Waals surface area contributed by atoms with Crippen LogP contribution in [0.3, 0.4) is 0 Å². The molecule has 0 aromatic carbocycles. The van der Waals surface area contributed by atoms with Crippen molar-refractivity contribution >= 4 is 5.78 Å². The van der Waals surface area contributed by atoms with Crippen molar-refractivity contribution in [1.29, 1.82) is 0 Å². The van der Waals surface area contributed by atoms with Crippen molar-refractivity contribution in [3.8, 4) is 0 Å². The van der Waals surface area contributed by atoms with Gasteiger partial charge in [0.1, 0.15) is 0 Å². The molecule has 1 heteroatoms. The Balaban J connectivity index is 4.05. The lowest BCUT2D eigenvalue weighted by Gasteiger charge is -1.95. The summed E-state index contributed by atoms with van der Waals surface area (Å²) in [5.74, 6) is 0.652. The van der Waals surface area contributed by atoms with Crippen molar-refractivity contribution in [3.05, 3.63) is 47.6 Å². The number of rotatable bonds is 7. The van der Waals surface area contributed by atoms with Gasteiger partial charge in [-0.1, -0.05) is 55.4 Å². The van der Waals surface area contributed by atoms with Gasteiger partial charge < -0.3 is 0 Å². The van der Waals surface area contributed by atoms with Gasteiger partial charge in [0, 0.05) is 6.42 Å². The fourth-order valence-electron chi connectivity index (χ4n) is 1.29. The van der Waals surface area contributed by atoms with Gasteiger partial charge in [-0.2, -0.15) is 0 Å². The highest BCUT2D eigenvalue weighted by Gasteiger charge is 1.95. The summed E-state index contributed by atoms with van der Waals surface area (Å²) in [6.45, 7) is 10.3. The molecule has 0 fully saturated rings. The monoisotopic (exact) mass is 246 g/mol. The van der Waals surface area contributed by atoms with Crippen molar-refractivity contribution in [2.24, 2.45) is 5.92 Å². The van der Waals surface area contributed by atoms with E-state index in [1.807, 2.05) is 12.2 Å². The molecule has 0 amide bonds. The number of allylic oxidation sites excluding steroid dienone is 8. The van der Waals surface area contributed by atoms with Crippen LogP contribution in [0.1, 0.15) is 47.5 Å². The number of carbonyl (C=O) groups is 1. The molecule has 0 saturated heterocycles. The van der Waals surface area contributed by atoms with E-state index in [1.165, 1.54) is 11.1 Å². The van der Waals surface area contributed by atoms with E-state index in [-0.39, 0.29) is 5.78 Å². The lowest BCUT2D eigenvalue weighted by molar-refractivity contribution is -0.114. The Hall–Kier alpha value is -1.37. The second kappa shape index (κ2) is 9.64. The predicted octanol–water partition coefficient (Wildman–Crippen LogP) is 5.02. The standard InChI is InChI=1S/C17H26O/c1-14(2)8-6-9-16(5)10-7-11-17(18)13-12-15(3)4/h6,8-10,12-13,15H,7,11H2,1-5H3. The van der Waals surface area contributed by atoms with Gasteiger partial charge in [0.15, 0.2) is 5.78 Å². The normalized spacial score (nSPS) is 12.7. The van der Waals surface area contributed by atoms with E-state index < -0.39 is 0 Å². The molecule has 0 rings (SSSR count). The lowest BCUT2D eigenvalue weighted by atomic mass is 10.1. The van der Waals surface area contributed by atoms with E-state index in [1.54, 1.807) is 6.08 Å². The van der Waals surface area contributed by atoms with Gasteiger partial charge in [-0.3, -0.25) is 4.79 Å². The Bertz CT molecular complexity index is 361. The lowest BCUT2D eigenvalue weighted by Crippen LogP contribution is -1.92. The molecule has 0 unspecified atom stereocenters. The molecule has 0 heterocycles. The summed E-state index contributed by atoms with van der Waals surface area (Å²) < 4.78 is 0. The fraction of sp³-hybridized carbons (Fsp3) is 0.471. The van der Waals surface area contributed by atoms with Crippen LogP contribution in [0.15, 0.2) is 47.6 Å². The molecule has 0 aromatic heterocycles. The summed E-state index contributed by atoms with van der Waals surface area (Å²) in [4.78, 5) is 11.5. The Morgan fingerprint density at radius 1 is 1.11 bits per heavy atom. The molecule has 0 aromatic rings. The molecule has 0 radical (unpaired) electrons. The first-order chi connectivity index (χ1) is 8.41. The molecular formula is C17H26O. The maximum atomic E-state index is 11.5. The molecular weight excluding hydrogens is 220 g/mol. The zero-order valence-corrected chi connectivity index (χ0v) is 12.4. The van der Waals surface area contributed by atoms with Crippen LogP contribution in [0, 0.1) is 5.92 Å². The van der Waals surface area contributed by atoms with Gasteiger partial charge in [0.05, 0.1) is 0 Å². The van der Waals surface area contributed by atoms with Gasteiger partial charge in [-0.05, 0) is 39.2 Å². The third kappa shape index (κ3) is 11.1. The van der Waals surface area contributed by atoms with Crippen molar-refractivity contribution in [2.45, 2.75) is 47.5 Å². The van der Waals surface area contributed by atoms with Crippen LogP contribution < -0.4 is 0 Å². The summed E-state index contributed by atoms with van der Waals surface area (Å²) in [5.41, 5.74) is 2.49. The van der Waals surface area contributed by atoms with E-state index in [0.29, 0.717) is 12.3 Å². The Kier molecular flexibility index (Phi) is 8.91. The van der Waals surface area contributed by atoms with E-state index in [2.05, 4.69) is 52.8 Å². The van der Waals surface area contributed by atoms with Crippen molar-refractivity contribution in [2.75, 3.05) is 0 Å². The summed E-state index contributed by atoms with van der Waals surface area (Å²) in [5, 5.41) is 0. The number of hydrogen-bond acceptors (Lipinski definition) is 1. The van der Waals surface area contributed by atoms with Gasteiger partial charge in [0.2, 0.25) is 0 Å². The fourth-order valence-corrected chi connectivity index (χ4v) is 1.29. The van der Waals surface area contributed by atoms with Crippen molar-refractivity contribution in [3.63, 3.8) is 0 Å². The molecule has 0 atom stereocenters. The zero-order chi connectivity index (χ0) is 14.0. The molecule has 0 aliphatic heterocycles. The minimum Gasteiger partial charge on any atom is -0.295 e.